The minimum Gasteiger partial charge on any atom is -0.342 e. The van der Waals surface area contributed by atoms with Crippen molar-refractivity contribution in [2.45, 2.75) is 12.7 Å². The molecule has 0 aliphatic carbocycles. The van der Waals surface area contributed by atoms with Crippen molar-refractivity contribution in [3.8, 4) is 0 Å². The fourth-order valence-electron chi connectivity index (χ4n) is 1.29. The van der Waals surface area contributed by atoms with E-state index in [-0.39, 0.29) is 0 Å². The minimum absolute atomic E-state index is 0.624. The van der Waals surface area contributed by atoms with Gasteiger partial charge in [0.2, 0.25) is 5.79 Å². The number of pyridine rings is 1. The summed E-state index contributed by atoms with van der Waals surface area (Å²) in [6.07, 6.45) is 1.74. The Morgan fingerprint density at radius 3 is 2.67 bits per heavy atom. The molecule has 1 aliphatic heterocycles. The van der Waals surface area contributed by atoms with Crippen molar-refractivity contribution in [3.63, 3.8) is 0 Å². The predicted octanol–water partition coefficient (Wildman–Crippen LogP) is 1.30. The van der Waals surface area contributed by atoms with Crippen LogP contribution in [0.4, 0.5) is 0 Å². The SMILES string of the molecule is CC1(c2ccccn2)OCCO1. The molecule has 0 bridgehead atoms. The van der Waals surface area contributed by atoms with Crippen LogP contribution in [0.5, 0.6) is 0 Å². The second-order valence-corrected chi connectivity index (χ2v) is 2.86. The fourth-order valence-corrected chi connectivity index (χ4v) is 1.29. The highest BCUT2D eigenvalue weighted by atomic mass is 16.7. The third-order valence-corrected chi connectivity index (χ3v) is 1.97. The molecule has 1 aromatic heterocycles. The predicted molar refractivity (Wildman–Crippen MR) is 43.5 cm³/mol. The Morgan fingerprint density at radius 1 is 1.33 bits per heavy atom. The van der Waals surface area contributed by atoms with Crippen molar-refractivity contribution in [2.24, 2.45) is 0 Å². The monoisotopic (exact) mass is 165 g/mol. The van der Waals surface area contributed by atoms with Crippen LogP contribution in [0.1, 0.15) is 12.6 Å². The van der Waals surface area contributed by atoms with Gasteiger partial charge in [-0.2, -0.15) is 0 Å². The van der Waals surface area contributed by atoms with Gasteiger partial charge in [-0.25, -0.2) is 0 Å². The van der Waals surface area contributed by atoms with Crippen LogP contribution >= 0.6 is 0 Å². The van der Waals surface area contributed by atoms with Crippen molar-refractivity contribution >= 4 is 0 Å². The van der Waals surface area contributed by atoms with Crippen molar-refractivity contribution in [2.75, 3.05) is 13.2 Å². The summed E-state index contributed by atoms with van der Waals surface area (Å²) in [4.78, 5) is 4.18. The smallest absolute Gasteiger partial charge is 0.209 e. The number of nitrogens with zero attached hydrogens (tertiary/aromatic N) is 1. The van der Waals surface area contributed by atoms with Crippen molar-refractivity contribution in [3.05, 3.63) is 30.1 Å². The molecule has 3 nitrogen and oxygen atoms in total. The molecule has 0 atom stereocenters. The van der Waals surface area contributed by atoms with Crippen LogP contribution < -0.4 is 0 Å². The molecule has 0 spiro atoms. The Bertz CT molecular complexity index is 254. The molecule has 0 N–H and O–H groups in total. The van der Waals surface area contributed by atoms with Gasteiger partial charge in [0.25, 0.3) is 0 Å². The van der Waals surface area contributed by atoms with Gasteiger partial charge in [-0.3, -0.25) is 4.98 Å². The second kappa shape index (κ2) is 2.84. The first-order valence-corrected chi connectivity index (χ1v) is 4.01. The zero-order valence-electron chi connectivity index (χ0n) is 6.99. The minimum atomic E-state index is -0.624. The van der Waals surface area contributed by atoms with E-state index in [4.69, 9.17) is 9.47 Å². The van der Waals surface area contributed by atoms with Gasteiger partial charge in [0.15, 0.2) is 0 Å². The van der Waals surface area contributed by atoms with E-state index in [2.05, 4.69) is 4.98 Å². The molecule has 1 aromatic rings. The van der Waals surface area contributed by atoms with Crippen LogP contribution in [0.25, 0.3) is 0 Å². The highest BCUT2D eigenvalue weighted by molar-refractivity contribution is 5.09. The summed E-state index contributed by atoms with van der Waals surface area (Å²) in [5.74, 6) is -0.624. The molecule has 3 heteroatoms. The van der Waals surface area contributed by atoms with Gasteiger partial charge in [0, 0.05) is 6.20 Å². The maximum absolute atomic E-state index is 5.44. The maximum Gasteiger partial charge on any atom is 0.209 e. The summed E-state index contributed by atoms with van der Waals surface area (Å²) in [6, 6.07) is 5.71. The average Bonchev–Trinajstić information content (AvgIpc) is 2.55. The number of aromatic nitrogens is 1. The van der Waals surface area contributed by atoms with Crippen LogP contribution in [0, 0.1) is 0 Å². The van der Waals surface area contributed by atoms with Crippen molar-refractivity contribution < 1.29 is 9.47 Å². The normalized spacial score (nSPS) is 21.1. The lowest BCUT2D eigenvalue weighted by Gasteiger charge is -2.20. The van der Waals surface area contributed by atoms with E-state index in [1.54, 1.807) is 6.20 Å². The van der Waals surface area contributed by atoms with Gasteiger partial charge >= 0.3 is 0 Å². The third kappa shape index (κ3) is 1.21. The van der Waals surface area contributed by atoms with Crippen molar-refractivity contribution in [1.82, 2.24) is 4.98 Å². The number of rotatable bonds is 1. The van der Waals surface area contributed by atoms with Gasteiger partial charge in [-0.05, 0) is 19.1 Å². The molecule has 0 saturated carbocycles. The van der Waals surface area contributed by atoms with Gasteiger partial charge in [-0.15, -0.1) is 0 Å². The van der Waals surface area contributed by atoms with Crippen LogP contribution in [0.2, 0.25) is 0 Å². The molecule has 1 aliphatic rings. The van der Waals surface area contributed by atoms with E-state index < -0.39 is 5.79 Å². The third-order valence-electron chi connectivity index (χ3n) is 1.97. The number of hydrogen-bond acceptors (Lipinski definition) is 3. The van der Waals surface area contributed by atoms with Gasteiger partial charge in [0.1, 0.15) is 0 Å². The average molecular weight is 165 g/mol. The Kier molecular flexibility index (Phi) is 1.83. The molecule has 64 valence electrons. The molecule has 2 rings (SSSR count). The molecular weight excluding hydrogens is 154 g/mol. The summed E-state index contributed by atoms with van der Waals surface area (Å²) >= 11 is 0. The molecule has 0 aromatic carbocycles. The van der Waals surface area contributed by atoms with Gasteiger partial charge in [0.05, 0.1) is 18.9 Å². The van der Waals surface area contributed by atoms with Gasteiger partial charge < -0.3 is 9.47 Å². The van der Waals surface area contributed by atoms with Crippen LogP contribution in [0.3, 0.4) is 0 Å². The highest BCUT2D eigenvalue weighted by Crippen LogP contribution is 2.28. The molecule has 0 radical (unpaired) electrons. The Morgan fingerprint density at radius 2 is 2.08 bits per heavy atom. The van der Waals surface area contributed by atoms with E-state index in [9.17, 15) is 0 Å². The first-order chi connectivity index (χ1) is 5.81. The largest absolute Gasteiger partial charge is 0.342 e. The molecule has 12 heavy (non-hydrogen) atoms. The molecular formula is C9H11NO2. The lowest BCUT2D eigenvalue weighted by atomic mass is 10.2. The lowest BCUT2D eigenvalue weighted by molar-refractivity contribution is -0.152. The summed E-state index contributed by atoms with van der Waals surface area (Å²) in [5, 5.41) is 0. The summed E-state index contributed by atoms with van der Waals surface area (Å²) in [7, 11) is 0. The van der Waals surface area contributed by atoms with E-state index >= 15 is 0 Å². The molecule has 0 amide bonds. The molecule has 1 saturated heterocycles. The standard InChI is InChI=1S/C9H11NO2/c1-9(11-6-7-12-9)8-4-2-3-5-10-8/h2-5H,6-7H2,1H3. The van der Waals surface area contributed by atoms with E-state index in [0.29, 0.717) is 13.2 Å². The summed E-state index contributed by atoms with van der Waals surface area (Å²) < 4.78 is 10.9. The first-order valence-electron chi connectivity index (χ1n) is 4.01. The van der Waals surface area contributed by atoms with Gasteiger partial charge in [-0.1, -0.05) is 6.07 Å². The van der Waals surface area contributed by atoms with E-state index in [1.165, 1.54) is 0 Å². The number of hydrogen-bond donors (Lipinski definition) is 0. The molecule has 0 unspecified atom stereocenters. The first kappa shape index (κ1) is 7.71. The Hall–Kier alpha value is -0.930. The second-order valence-electron chi connectivity index (χ2n) is 2.86. The molecule has 1 fully saturated rings. The zero-order chi connectivity index (χ0) is 8.44. The summed E-state index contributed by atoms with van der Waals surface area (Å²) in [5.41, 5.74) is 0.836. The Labute approximate surface area is 71.3 Å². The number of ether oxygens (including phenoxy) is 2. The van der Waals surface area contributed by atoms with Crippen LogP contribution in [0.15, 0.2) is 24.4 Å². The Balaban J connectivity index is 2.29. The topological polar surface area (TPSA) is 31.4 Å². The molecule has 2 heterocycles. The van der Waals surface area contributed by atoms with Crippen LogP contribution in [-0.4, -0.2) is 18.2 Å². The lowest BCUT2D eigenvalue weighted by Crippen LogP contribution is -2.23. The summed E-state index contributed by atoms with van der Waals surface area (Å²) in [6.45, 7) is 3.18. The fraction of sp³-hybridized carbons (Fsp3) is 0.444. The van der Waals surface area contributed by atoms with Crippen molar-refractivity contribution in [1.29, 1.82) is 0 Å². The van der Waals surface area contributed by atoms with Crippen LogP contribution in [-0.2, 0) is 15.3 Å². The van der Waals surface area contributed by atoms with E-state index in [1.807, 2.05) is 25.1 Å². The maximum atomic E-state index is 5.44. The zero-order valence-corrected chi connectivity index (χ0v) is 6.99. The quantitative estimate of drug-likeness (QED) is 0.628. The highest BCUT2D eigenvalue weighted by Gasteiger charge is 2.34. The van der Waals surface area contributed by atoms with E-state index in [0.717, 1.165) is 5.69 Å².